The van der Waals surface area contributed by atoms with Gasteiger partial charge >= 0.3 is 0 Å². The molecule has 21 heavy (non-hydrogen) atoms. The van der Waals surface area contributed by atoms with E-state index >= 15 is 0 Å². The van der Waals surface area contributed by atoms with Gasteiger partial charge in [-0.2, -0.15) is 0 Å². The molecule has 0 aromatic heterocycles. The molecule has 0 aliphatic heterocycles. The number of oxime groups is 1. The summed E-state index contributed by atoms with van der Waals surface area (Å²) in [6.07, 6.45) is 8.39. The van der Waals surface area contributed by atoms with Crippen LogP contribution in [0, 0.1) is 5.41 Å². The summed E-state index contributed by atoms with van der Waals surface area (Å²) in [5.41, 5.74) is 5.04. The molecule has 2 fully saturated rings. The smallest absolute Gasteiger partial charge is 0.236 e. The second-order valence-electron chi connectivity index (χ2n) is 6.29. The minimum atomic E-state index is -0.870. The molecule has 0 bridgehead atoms. The predicted octanol–water partition coefficient (Wildman–Crippen LogP) is 1.45. The first-order valence-corrected chi connectivity index (χ1v) is 8.05. The molecular weight excluding hydrogens is 270 g/mol. The fourth-order valence-corrected chi connectivity index (χ4v) is 3.88. The molecule has 0 aromatic carbocycles. The number of carbonyl (C=O) groups excluding carboxylic acids is 1. The summed E-state index contributed by atoms with van der Waals surface area (Å²) >= 11 is 0. The molecule has 0 saturated heterocycles. The van der Waals surface area contributed by atoms with E-state index in [-0.39, 0.29) is 24.4 Å². The van der Waals surface area contributed by atoms with Gasteiger partial charge in [0.1, 0.15) is 5.41 Å². The Kier molecular flexibility index (Phi) is 5.45. The zero-order chi connectivity index (χ0) is 15.3. The molecule has 2 aliphatic carbocycles. The number of hydrogen-bond acceptors (Lipinski definition) is 4. The van der Waals surface area contributed by atoms with Crippen molar-refractivity contribution < 1.29 is 15.1 Å². The summed E-state index contributed by atoms with van der Waals surface area (Å²) < 4.78 is 0. The van der Waals surface area contributed by atoms with Crippen LogP contribution in [0.3, 0.4) is 0 Å². The zero-order valence-electron chi connectivity index (χ0n) is 12.6. The second-order valence-corrected chi connectivity index (χ2v) is 6.29. The highest BCUT2D eigenvalue weighted by Gasteiger charge is 2.47. The molecule has 0 spiro atoms. The molecule has 6 nitrogen and oxygen atoms in total. The molecule has 4 N–H and O–H groups in total. The molecule has 2 aliphatic rings. The van der Waals surface area contributed by atoms with Crippen LogP contribution in [0.15, 0.2) is 5.16 Å². The molecule has 2 saturated carbocycles. The number of aliphatic hydroxyl groups excluding tert-OH is 1. The SMILES string of the molecule is NC(=NO)C1(C(=O)N(CCO)C2CCCC2)CCCCC1. The Morgan fingerprint density at radius 2 is 1.81 bits per heavy atom. The number of amidine groups is 1. The van der Waals surface area contributed by atoms with Gasteiger partial charge in [0.25, 0.3) is 0 Å². The third kappa shape index (κ3) is 3.15. The van der Waals surface area contributed by atoms with E-state index in [2.05, 4.69) is 5.16 Å². The number of nitrogens with two attached hydrogens (primary N) is 1. The Hall–Kier alpha value is -1.30. The highest BCUT2D eigenvalue weighted by Crippen LogP contribution is 2.40. The van der Waals surface area contributed by atoms with Crippen molar-refractivity contribution in [3.8, 4) is 0 Å². The van der Waals surface area contributed by atoms with Crippen molar-refractivity contribution in [2.24, 2.45) is 16.3 Å². The maximum atomic E-state index is 13.1. The number of aliphatic hydroxyl groups is 1. The lowest BCUT2D eigenvalue weighted by atomic mass is 9.71. The van der Waals surface area contributed by atoms with Crippen molar-refractivity contribution in [3.63, 3.8) is 0 Å². The highest BCUT2D eigenvalue weighted by atomic mass is 16.4. The Labute approximate surface area is 126 Å². The van der Waals surface area contributed by atoms with E-state index in [1.54, 1.807) is 4.90 Å². The maximum absolute atomic E-state index is 13.1. The van der Waals surface area contributed by atoms with E-state index in [0.717, 1.165) is 44.9 Å². The zero-order valence-corrected chi connectivity index (χ0v) is 12.6. The van der Waals surface area contributed by atoms with Gasteiger partial charge in [-0.3, -0.25) is 4.79 Å². The molecule has 120 valence electrons. The van der Waals surface area contributed by atoms with Crippen LogP contribution in [0.5, 0.6) is 0 Å². The number of amides is 1. The van der Waals surface area contributed by atoms with Gasteiger partial charge in [-0.1, -0.05) is 37.3 Å². The third-order valence-electron chi connectivity index (χ3n) is 5.08. The first-order chi connectivity index (χ1) is 10.2. The van der Waals surface area contributed by atoms with Crippen LogP contribution in [0.2, 0.25) is 0 Å². The van der Waals surface area contributed by atoms with Crippen molar-refractivity contribution in [1.82, 2.24) is 4.90 Å². The molecule has 0 aromatic rings. The summed E-state index contributed by atoms with van der Waals surface area (Å²) in [5, 5.41) is 21.6. The van der Waals surface area contributed by atoms with E-state index in [1.807, 2.05) is 0 Å². The van der Waals surface area contributed by atoms with Crippen molar-refractivity contribution in [3.05, 3.63) is 0 Å². The van der Waals surface area contributed by atoms with E-state index in [4.69, 9.17) is 10.9 Å². The maximum Gasteiger partial charge on any atom is 0.236 e. The number of hydrogen-bond donors (Lipinski definition) is 3. The van der Waals surface area contributed by atoms with E-state index in [1.165, 1.54) is 0 Å². The van der Waals surface area contributed by atoms with E-state index in [0.29, 0.717) is 19.4 Å². The summed E-state index contributed by atoms with van der Waals surface area (Å²) in [6.45, 7) is 0.290. The van der Waals surface area contributed by atoms with E-state index < -0.39 is 5.41 Å². The summed E-state index contributed by atoms with van der Waals surface area (Å²) in [6, 6.07) is 0.190. The molecule has 0 atom stereocenters. The van der Waals surface area contributed by atoms with Crippen LogP contribution >= 0.6 is 0 Å². The summed E-state index contributed by atoms with van der Waals surface area (Å²) in [7, 11) is 0. The molecular formula is C15H27N3O3. The third-order valence-corrected chi connectivity index (χ3v) is 5.08. The Balaban J connectivity index is 2.25. The first-order valence-electron chi connectivity index (χ1n) is 8.05. The van der Waals surface area contributed by atoms with E-state index in [9.17, 15) is 9.90 Å². The Morgan fingerprint density at radius 3 is 2.33 bits per heavy atom. The highest BCUT2D eigenvalue weighted by molar-refractivity contribution is 6.06. The number of carbonyl (C=O) groups is 1. The second kappa shape index (κ2) is 7.11. The molecule has 0 unspecified atom stereocenters. The van der Waals surface area contributed by atoms with Gasteiger partial charge in [0.2, 0.25) is 5.91 Å². The molecule has 0 heterocycles. The fraction of sp³-hybridized carbons (Fsp3) is 0.867. The minimum absolute atomic E-state index is 0.0353. The van der Waals surface area contributed by atoms with Gasteiger partial charge < -0.3 is 20.9 Å². The van der Waals surface area contributed by atoms with Gasteiger partial charge in [0.05, 0.1) is 6.61 Å². The van der Waals surface area contributed by atoms with Gasteiger partial charge in [-0.15, -0.1) is 0 Å². The normalized spacial score (nSPS) is 23.2. The van der Waals surface area contributed by atoms with Crippen LogP contribution in [0.4, 0.5) is 0 Å². The molecule has 6 heteroatoms. The van der Waals surface area contributed by atoms with Crippen LogP contribution in [0.1, 0.15) is 57.8 Å². The molecule has 2 rings (SSSR count). The topological polar surface area (TPSA) is 99.2 Å². The fourth-order valence-electron chi connectivity index (χ4n) is 3.88. The van der Waals surface area contributed by atoms with Gasteiger partial charge in [-0.25, -0.2) is 0 Å². The largest absolute Gasteiger partial charge is 0.409 e. The predicted molar refractivity (Wildman–Crippen MR) is 80.0 cm³/mol. The lowest BCUT2D eigenvalue weighted by Gasteiger charge is -2.40. The number of rotatable bonds is 5. The van der Waals surface area contributed by atoms with Crippen LogP contribution in [0.25, 0.3) is 0 Å². The first kappa shape index (κ1) is 16.1. The van der Waals surface area contributed by atoms with Crippen LogP contribution < -0.4 is 5.73 Å². The molecule has 1 amide bonds. The quantitative estimate of drug-likeness (QED) is 0.309. The molecule has 0 radical (unpaired) electrons. The number of nitrogens with zero attached hydrogens (tertiary/aromatic N) is 2. The lowest BCUT2D eigenvalue weighted by molar-refractivity contribution is -0.143. The van der Waals surface area contributed by atoms with Crippen LogP contribution in [-0.2, 0) is 4.79 Å². The van der Waals surface area contributed by atoms with Gasteiger partial charge in [0, 0.05) is 12.6 Å². The lowest BCUT2D eigenvalue weighted by Crippen LogP contribution is -2.55. The average Bonchev–Trinajstić information content (AvgIpc) is 3.05. The van der Waals surface area contributed by atoms with Crippen molar-refractivity contribution in [2.45, 2.75) is 63.8 Å². The van der Waals surface area contributed by atoms with Gasteiger partial charge in [-0.05, 0) is 25.7 Å². The Morgan fingerprint density at radius 1 is 1.19 bits per heavy atom. The van der Waals surface area contributed by atoms with Crippen molar-refractivity contribution in [2.75, 3.05) is 13.2 Å². The van der Waals surface area contributed by atoms with Gasteiger partial charge in [0.15, 0.2) is 5.84 Å². The summed E-state index contributed by atoms with van der Waals surface area (Å²) in [4.78, 5) is 14.9. The van der Waals surface area contributed by atoms with Crippen LogP contribution in [-0.4, -0.2) is 46.1 Å². The monoisotopic (exact) mass is 297 g/mol. The average molecular weight is 297 g/mol. The minimum Gasteiger partial charge on any atom is -0.409 e. The standard InChI is InChI=1S/C15H27N3O3/c16-13(17-21)15(8-4-1-5-9-15)14(20)18(10-11-19)12-6-2-3-7-12/h12,19,21H,1-11H2,(H2,16,17). The summed E-state index contributed by atoms with van der Waals surface area (Å²) in [5.74, 6) is -0.0217. The Bertz CT molecular complexity index is 386. The van der Waals surface area contributed by atoms with Crippen molar-refractivity contribution >= 4 is 11.7 Å². The van der Waals surface area contributed by atoms with Crippen molar-refractivity contribution in [1.29, 1.82) is 0 Å².